The smallest absolute Gasteiger partial charge is 0.293 e. The minimum absolute atomic E-state index is 0.0921. The van der Waals surface area contributed by atoms with Gasteiger partial charge in [-0.2, -0.15) is 0 Å². The number of nitrogens with one attached hydrogen (secondary N) is 1. The molecule has 0 spiro atoms. The summed E-state index contributed by atoms with van der Waals surface area (Å²) < 4.78 is 13.6. The molecule has 1 amide bonds. The molecule has 1 aliphatic rings. The van der Waals surface area contributed by atoms with Gasteiger partial charge in [0.25, 0.3) is 11.6 Å². The fraction of sp³-hybridized carbons (Fsp3) is 0.417. The van der Waals surface area contributed by atoms with Gasteiger partial charge in [0.15, 0.2) is 0 Å². The van der Waals surface area contributed by atoms with Crippen molar-refractivity contribution in [1.82, 2.24) is 5.32 Å². The lowest BCUT2D eigenvalue weighted by molar-refractivity contribution is -0.384. The van der Waals surface area contributed by atoms with Crippen molar-refractivity contribution in [1.29, 1.82) is 0 Å². The van der Waals surface area contributed by atoms with Crippen molar-refractivity contribution in [3.63, 3.8) is 0 Å². The van der Waals surface area contributed by atoms with Gasteiger partial charge >= 0.3 is 0 Å². The molecule has 1 aliphatic carbocycles. The summed E-state index contributed by atoms with van der Waals surface area (Å²) in [7, 11) is 0. The third kappa shape index (κ3) is 2.64. The zero-order valence-electron chi connectivity index (χ0n) is 10.4. The number of hydrogen-bond acceptors (Lipinski definition) is 4. The number of benzene rings is 1. The number of nitrogens with two attached hydrogens (primary N) is 1. The van der Waals surface area contributed by atoms with E-state index < -0.39 is 33.6 Å². The van der Waals surface area contributed by atoms with Gasteiger partial charge in [-0.05, 0) is 31.7 Å². The van der Waals surface area contributed by atoms with Crippen LogP contribution < -0.4 is 11.1 Å². The molecule has 0 heterocycles. The Morgan fingerprint density at radius 1 is 1.58 bits per heavy atom. The molecule has 1 aromatic carbocycles. The first-order valence-corrected chi connectivity index (χ1v) is 5.95. The molecule has 19 heavy (non-hydrogen) atoms. The summed E-state index contributed by atoms with van der Waals surface area (Å²) in [5.41, 5.74) is 4.15. The van der Waals surface area contributed by atoms with Gasteiger partial charge < -0.3 is 11.1 Å². The minimum atomic E-state index is -0.858. The SMILES string of the molecule is CC(NC(=O)c1c(F)ccc([N+](=O)[O-])c1N)C1CC1. The van der Waals surface area contributed by atoms with Crippen LogP contribution in [0.3, 0.4) is 0 Å². The average Bonchev–Trinajstić information content (AvgIpc) is 3.11. The summed E-state index contributed by atoms with van der Waals surface area (Å²) in [6.07, 6.45) is 2.04. The third-order valence-electron chi connectivity index (χ3n) is 3.28. The highest BCUT2D eigenvalue weighted by Gasteiger charge is 2.31. The summed E-state index contributed by atoms with van der Waals surface area (Å²) in [5, 5.41) is 13.3. The Balaban J connectivity index is 2.29. The molecule has 2 rings (SSSR count). The Hall–Kier alpha value is -2.18. The van der Waals surface area contributed by atoms with Gasteiger partial charge in [-0.15, -0.1) is 0 Å². The van der Waals surface area contributed by atoms with Crippen LogP contribution in [0.4, 0.5) is 15.8 Å². The molecule has 0 aliphatic heterocycles. The molecule has 1 unspecified atom stereocenters. The number of amides is 1. The van der Waals surface area contributed by atoms with Crippen LogP contribution >= 0.6 is 0 Å². The Bertz CT molecular complexity index is 543. The Morgan fingerprint density at radius 2 is 2.21 bits per heavy atom. The lowest BCUT2D eigenvalue weighted by Crippen LogP contribution is -2.35. The number of nitrogens with zero attached hydrogens (tertiary/aromatic N) is 1. The van der Waals surface area contributed by atoms with E-state index in [0.717, 1.165) is 25.0 Å². The molecule has 7 heteroatoms. The first-order chi connectivity index (χ1) is 8.91. The number of rotatable bonds is 4. The van der Waals surface area contributed by atoms with E-state index in [-0.39, 0.29) is 6.04 Å². The molecular weight excluding hydrogens is 253 g/mol. The fourth-order valence-electron chi connectivity index (χ4n) is 1.96. The Morgan fingerprint density at radius 3 is 2.74 bits per heavy atom. The van der Waals surface area contributed by atoms with Crippen LogP contribution in [0.2, 0.25) is 0 Å². The molecule has 102 valence electrons. The number of anilines is 1. The predicted octanol–water partition coefficient (Wildman–Crippen LogP) is 1.84. The van der Waals surface area contributed by atoms with Crippen molar-refractivity contribution in [3.8, 4) is 0 Å². The Kier molecular flexibility index (Phi) is 3.37. The van der Waals surface area contributed by atoms with E-state index in [4.69, 9.17) is 5.73 Å². The normalized spacial score (nSPS) is 15.9. The second-order valence-electron chi connectivity index (χ2n) is 4.71. The Labute approximate surface area is 108 Å². The first-order valence-electron chi connectivity index (χ1n) is 5.95. The largest absolute Gasteiger partial charge is 0.392 e. The molecule has 1 atom stereocenters. The number of carbonyl (C=O) groups is 1. The first kappa shape index (κ1) is 13.3. The van der Waals surface area contributed by atoms with Gasteiger partial charge in [0.2, 0.25) is 0 Å². The molecule has 1 saturated carbocycles. The number of nitro groups is 1. The third-order valence-corrected chi connectivity index (χ3v) is 3.28. The van der Waals surface area contributed by atoms with E-state index in [9.17, 15) is 19.3 Å². The van der Waals surface area contributed by atoms with Gasteiger partial charge in [0.1, 0.15) is 17.1 Å². The van der Waals surface area contributed by atoms with Gasteiger partial charge in [0, 0.05) is 12.1 Å². The highest BCUT2D eigenvalue weighted by molar-refractivity contribution is 6.01. The number of nitro benzene ring substituents is 1. The van der Waals surface area contributed by atoms with E-state index >= 15 is 0 Å². The van der Waals surface area contributed by atoms with Crippen molar-refractivity contribution in [2.45, 2.75) is 25.8 Å². The average molecular weight is 267 g/mol. The topological polar surface area (TPSA) is 98.3 Å². The van der Waals surface area contributed by atoms with Crippen LogP contribution in [0.25, 0.3) is 0 Å². The van der Waals surface area contributed by atoms with Gasteiger partial charge in [-0.3, -0.25) is 14.9 Å². The van der Waals surface area contributed by atoms with Crippen LogP contribution in [-0.2, 0) is 0 Å². The van der Waals surface area contributed by atoms with Crippen molar-refractivity contribution < 1.29 is 14.1 Å². The predicted molar refractivity (Wildman–Crippen MR) is 67.1 cm³/mol. The van der Waals surface area contributed by atoms with Crippen molar-refractivity contribution >= 4 is 17.3 Å². The second-order valence-corrected chi connectivity index (χ2v) is 4.71. The number of halogens is 1. The maximum Gasteiger partial charge on any atom is 0.293 e. The summed E-state index contributed by atoms with van der Waals surface area (Å²) in [6.45, 7) is 1.82. The lowest BCUT2D eigenvalue weighted by atomic mass is 10.1. The number of nitrogen functional groups attached to an aromatic ring is 1. The van der Waals surface area contributed by atoms with Crippen molar-refractivity contribution in [3.05, 3.63) is 33.6 Å². The van der Waals surface area contributed by atoms with E-state index in [0.29, 0.717) is 5.92 Å². The lowest BCUT2D eigenvalue weighted by Gasteiger charge is -2.14. The second kappa shape index (κ2) is 4.83. The molecule has 0 saturated heterocycles. The summed E-state index contributed by atoms with van der Waals surface area (Å²) in [6, 6.07) is 1.74. The fourth-order valence-corrected chi connectivity index (χ4v) is 1.96. The van der Waals surface area contributed by atoms with E-state index in [1.54, 1.807) is 0 Å². The van der Waals surface area contributed by atoms with E-state index in [1.807, 2.05) is 6.92 Å². The minimum Gasteiger partial charge on any atom is -0.392 e. The number of hydrogen-bond donors (Lipinski definition) is 2. The molecular formula is C12H14FN3O3. The summed E-state index contributed by atoms with van der Waals surface area (Å²) in [4.78, 5) is 21.9. The van der Waals surface area contributed by atoms with E-state index in [1.165, 1.54) is 0 Å². The standard InChI is InChI=1S/C12H14FN3O3/c1-6(7-2-3-7)15-12(17)10-8(13)4-5-9(11(10)14)16(18)19/h4-7H,2-3,14H2,1H3,(H,15,17). The highest BCUT2D eigenvalue weighted by Crippen LogP contribution is 2.33. The quantitative estimate of drug-likeness (QED) is 0.494. The molecule has 3 N–H and O–H groups in total. The zero-order chi connectivity index (χ0) is 14.2. The molecule has 1 aromatic rings. The molecule has 0 aromatic heterocycles. The van der Waals surface area contributed by atoms with Crippen LogP contribution in [0.15, 0.2) is 12.1 Å². The van der Waals surface area contributed by atoms with Crippen molar-refractivity contribution in [2.24, 2.45) is 5.92 Å². The zero-order valence-corrected chi connectivity index (χ0v) is 10.4. The maximum atomic E-state index is 13.6. The summed E-state index contributed by atoms with van der Waals surface area (Å²) >= 11 is 0. The van der Waals surface area contributed by atoms with Crippen LogP contribution in [0.5, 0.6) is 0 Å². The monoisotopic (exact) mass is 267 g/mol. The van der Waals surface area contributed by atoms with Crippen LogP contribution in [0, 0.1) is 21.8 Å². The molecule has 1 fully saturated rings. The number of carbonyl (C=O) groups excluding carboxylic acids is 1. The van der Waals surface area contributed by atoms with Crippen molar-refractivity contribution in [2.75, 3.05) is 5.73 Å². The maximum absolute atomic E-state index is 13.6. The van der Waals surface area contributed by atoms with E-state index in [2.05, 4.69) is 5.32 Å². The summed E-state index contributed by atoms with van der Waals surface area (Å²) in [5.74, 6) is -1.17. The van der Waals surface area contributed by atoms with Crippen LogP contribution in [0.1, 0.15) is 30.1 Å². The molecule has 0 radical (unpaired) electrons. The van der Waals surface area contributed by atoms with Gasteiger partial charge in [-0.25, -0.2) is 4.39 Å². The molecule has 6 nitrogen and oxygen atoms in total. The van der Waals surface area contributed by atoms with Crippen LogP contribution in [-0.4, -0.2) is 16.9 Å². The molecule has 0 bridgehead atoms. The van der Waals surface area contributed by atoms with Gasteiger partial charge in [-0.1, -0.05) is 0 Å². The highest BCUT2D eigenvalue weighted by atomic mass is 19.1. The van der Waals surface area contributed by atoms with Gasteiger partial charge in [0.05, 0.1) is 4.92 Å².